The van der Waals surface area contributed by atoms with E-state index in [1.165, 1.54) is 0 Å². The summed E-state index contributed by atoms with van der Waals surface area (Å²) in [6, 6.07) is 16.5. The number of carbonyl (C=O) groups excluding carboxylic acids is 1. The van der Waals surface area contributed by atoms with Crippen LogP contribution < -0.4 is 5.32 Å². The van der Waals surface area contributed by atoms with Gasteiger partial charge in [-0.2, -0.15) is 0 Å². The van der Waals surface area contributed by atoms with E-state index in [1.807, 2.05) is 43.3 Å². The summed E-state index contributed by atoms with van der Waals surface area (Å²) in [5, 5.41) is 13.3. The zero-order valence-corrected chi connectivity index (χ0v) is 15.6. The highest BCUT2D eigenvalue weighted by molar-refractivity contribution is 5.78. The number of carbonyl (C=O) groups is 1. The fraction of sp³-hybridized carbons (Fsp3) is 0.190. The van der Waals surface area contributed by atoms with Crippen molar-refractivity contribution in [2.45, 2.75) is 13.3 Å². The van der Waals surface area contributed by atoms with Crippen LogP contribution in [0.1, 0.15) is 11.3 Å². The second-order valence-electron chi connectivity index (χ2n) is 6.53. The highest BCUT2D eigenvalue weighted by Crippen LogP contribution is 2.27. The molecule has 1 aromatic heterocycles. The number of phenols is 1. The number of nitrogens with one attached hydrogen (secondary N) is 1. The second-order valence-corrected chi connectivity index (χ2v) is 6.53. The zero-order chi connectivity index (χ0) is 19.4. The Hall–Kier alpha value is -3.41. The second kappa shape index (κ2) is 7.86. The topological polar surface area (TPSA) is 78.4 Å². The van der Waals surface area contributed by atoms with Gasteiger partial charge in [-0.15, -0.1) is 0 Å². The van der Waals surface area contributed by atoms with Gasteiger partial charge in [0.2, 0.25) is 5.91 Å². The average Bonchev–Trinajstić information content (AvgIpc) is 2.61. The maximum absolute atomic E-state index is 11.9. The molecule has 2 aromatic carbocycles. The Morgan fingerprint density at radius 3 is 2.59 bits per heavy atom. The van der Waals surface area contributed by atoms with Crippen molar-refractivity contribution in [1.82, 2.24) is 14.9 Å². The van der Waals surface area contributed by atoms with E-state index < -0.39 is 0 Å². The molecule has 0 bridgehead atoms. The average molecular weight is 362 g/mol. The summed E-state index contributed by atoms with van der Waals surface area (Å²) in [6.45, 7) is 1.88. The van der Waals surface area contributed by atoms with Crippen LogP contribution in [-0.2, 0) is 11.2 Å². The third kappa shape index (κ3) is 4.61. The fourth-order valence-electron chi connectivity index (χ4n) is 2.66. The number of aromatic hydroxyl groups is 1. The molecule has 27 heavy (non-hydrogen) atoms. The molecule has 0 radical (unpaired) electrons. The van der Waals surface area contributed by atoms with Gasteiger partial charge in [0.25, 0.3) is 0 Å². The van der Waals surface area contributed by atoms with Gasteiger partial charge in [0, 0.05) is 31.5 Å². The number of aromatic nitrogens is 2. The Balaban J connectivity index is 1.86. The number of amides is 1. The monoisotopic (exact) mass is 362 g/mol. The third-order valence-electron chi connectivity index (χ3n) is 4.05. The van der Waals surface area contributed by atoms with Crippen LogP contribution in [0.25, 0.3) is 11.4 Å². The first kappa shape index (κ1) is 18.4. The number of para-hydroxylation sites is 1. The number of rotatable bonds is 5. The van der Waals surface area contributed by atoms with Crippen LogP contribution in [0.2, 0.25) is 0 Å². The molecule has 1 heterocycles. The quantitative estimate of drug-likeness (QED) is 0.726. The fourth-order valence-corrected chi connectivity index (χ4v) is 2.66. The molecule has 2 N–H and O–H groups in total. The minimum absolute atomic E-state index is 0.0480. The van der Waals surface area contributed by atoms with Crippen LogP contribution in [0.15, 0.2) is 54.6 Å². The smallest absolute Gasteiger partial charge is 0.226 e. The molecule has 0 spiro atoms. The van der Waals surface area contributed by atoms with E-state index in [4.69, 9.17) is 0 Å². The lowest BCUT2D eigenvalue weighted by atomic mass is 10.1. The molecule has 0 aliphatic rings. The van der Waals surface area contributed by atoms with Crippen LogP contribution in [0, 0.1) is 6.92 Å². The van der Waals surface area contributed by atoms with Crippen molar-refractivity contribution >= 4 is 17.4 Å². The minimum Gasteiger partial charge on any atom is -0.507 e. The van der Waals surface area contributed by atoms with Gasteiger partial charge in [0.15, 0.2) is 5.82 Å². The van der Waals surface area contributed by atoms with Crippen LogP contribution in [-0.4, -0.2) is 40.0 Å². The SMILES string of the molecule is Cc1cc(Nc2cccc(CC(=O)N(C)C)c2)nc(-c2ccccc2O)n1. The van der Waals surface area contributed by atoms with Gasteiger partial charge in [-0.05, 0) is 36.8 Å². The van der Waals surface area contributed by atoms with Gasteiger partial charge in [0.1, 0.15) is 11.6 Å². The summed E-state index contributed by atoms with van der Waals surface area (Å²) in [7, 11) is 3.49. The molecule has 0 aliphatic carbocycles. The van der Waals surface area contributed by atoms with Crippen molar-refractivity contribution in [3.05, 3.63) is 65.9 Å². The Kier molecular flexibility index (Phi) is 5.35. The maximum Gasteiger partial charge on any atom is 0.226 e. The zero-order valence-electron chi connectivity index (χ0n) is 15.6. The Morgan fingerprint density at radius 1 is 1.07 bits per heavy atom. The first-order valence-electron chi connectivity index (χ1n) is 8.62. The van der Waals surface area contributed by atoms with E-state index in [-0.39, 0.29) is 11.7 Å². The van der Waals surface area contributed by atoms with Crippen molar-refractivity contribution in [3.8, 4) is 17.1 Å². The number of hydrogen-bond donors (Lipinski definition) is 2. The highest BCUT2D eigenvalue weighted by atomic mass is 16.3. The largest absolute Gasteiger partial charge is 0.507 e. The number of hydrogen-bond acceptors (Lipinski definition) is 5. The molecule has 0 unspecified atom stereocenters. The standard InChI is InChI=1S/C21H22N4O2/c1-14-11-19(24-21(22-14)17-9-4-5-10-18(17)26)23-16-8-6-7-15(12-16)13-20(27)25(2)3/h4-12,26H,13H2,1-3H3,(H,22,23,24). The summed E-state index contributed by atoms with van der Waals surface area (Å²) >= 11 is 0. The van der Waals surface area contributed by atoms with Gasteiger partial charge >= 0.3 is 0 Å². The Bertz CT molecular complexity index is 970. The van der Waals surface area contributed by atoms with Crippen molar-refractivity contribution in [2.75, 3.05) is 19.4 Å². The summed E-state index contributed by atoms with van der Waals surface area (Å²) in [5.74, 6) is 1.26. The molecule has 0 fully saturated rings. The van der Waals surface area contributed by atoms with Crippen LogP contribution in [0.5, 0.6) is 5.75 Å². The highest BCUT2D eigenvalue weighted by Gasteiger charge is 2.10. The predicted octanol–water partition coefficient (Wildman–Crippen LogP) is 3.53. The lowest BCUT2D eigenvalue weighted by molar-refractivity contribution is -0.127. The predicted molar refractivity (Wildman–Crippen MR) is 106 cm³/mol. The van der Waals surface area contributed by atoms with E-state index >= 15 is 0 Å². The molecule has 6 nitrogen and oxygen atoms in total. The summed E-state index contributed by atoms with van der Waals surface area (Å²) < 4.78 is 0. The molecule has 3 aromatic rings. The van der Waals surface area contributed by atoms with Crippen LogP contribution >= 0.6 is 0 Å². The molecule has 0 aliphatic heterocycles. The first-order chi connectivity index (χ1) is 12.9. The van der Waals surface area contributed by atoms with Crippen molar-refractivity contribution < 1.29 is 9.90 Å². The van der Waals surface area contributed by atoms with Crippen molar-refractivity contribution in [2.24, 2.45) is 0 Å². The number of benzene rings is 2. The third-order valence-corrected chi connectivity index (χ3v) is 4.05. The van der Waals surface area contributed by atoms with E-state index in [0.717, 1.165) is 16.9 Å². The number of aryl methyl sites for hydroxylation is 1. The van der Waals surface area contributed by atoms with Gasteiger partial charge in [0.05, 0.1) is 12.0 Å². The Labute approximate surface area is 158 Å². The molecule has 138 valence electrons. The van der Waals surface area contributed by atoms with E-state index in [1.54, 1.807) is 37.2 Å². The Morgan fingerprint density at radius 2 is 1.85 bits per heavy atom. The number of anilines is 2. The summed E-state index contributed by atoms with van der Waals surface area (Å²) in [5.41, 5.74) is 3.12. The summed E-state index contributed by atoms with van der Waals surface area (Å²) in [6.07, 6.45) is 0.342. The van der Waals surface area contributed by atoms with Gasteiger partial charge < -0.3 is 15.3 Å². The molecular formula is C21H22N4O2. The molecule has 1 amide bonds. The minimum atomic E-state index is 0.0480. The number of likely N-dealkylation sites (N-methyl/N-ethyl adjacent to an activating group) is 1. The molecule has 0 saturated carbocycles. The lowest BCUT2D eigenvalue weighted by Gasteiger charge is -2.12. The van der Waals surface area contributed by atoms with E-state index in [9.17, 15) is 9.90 Å². The molecule has 6 heteroatoms. The van der Waals surface area contributed by atoms with Gasteiger partial charge in [-0.25, -0.2) is 9.97 Å². The lowest BCUT2D eigenvalue weighted by Crippen LogP contribution is -2.23. The number of phenolic OH excluding ortho intramolecular Hbond substituents is 1. The van der Waals surface area contributed by atoms with Crippen LogP contribution in [0.3, 0.4) is 0 Å². The normalized spacial score (nSPS) is 10.5. The van der Waals surface area contributed by atoms with Crippen molar-refractivity contribution in [3.63, 3.8) is 0 Å². The van der Waals surface area contributed by atoms with Crippen molar-refractivity contribution in [1.29, 1.82) is 0 Å². The summed E-state index contributed by atoms with van der Waals surface area (Å²) in [4.78, 5) is 22.4. The first-order valence-corrected chi connectivity index (χ1v) is 8.62. The molecule has 0 saturated heterocycles. The number of nitrogens with zero attached hydrogens (tertiary/aromatic N) is 3. The van der Waals surface area contributed by atoms with Gasteiger partial charge in [-0.3, -0.25) is 4.79 Å². The van der Waals surface area contributed by atoms with Crippen LogP contribution in [0.4, 0.5) is 11.5 Å². The van der Waals surface area contributed by atoms with Gasteiger partial charge in [-0.1, -0.05) is 24.3 Å². The molecule has 3 rings (SSSR count). The van der Waals surface area contributed by atoms with E-state index in [2.05, 4.69) is 15.3 Å². The molecular weight excluding hydrogens is 340 g/mol. The molecule has 0 atom stereocenters. The van der Waals surface area contributed by atoms with E-state index in [0.29, 0.717) is 23.6 Å². The maximum atomic E-state index is 11.9.